The monoisotopic (exact) mass is 309 g/mol. The first-order chi connectivity index (χ1) is 9.71. The van der Waals surface area contributed by atoms with E-state index in [4.69, 9.17) is 11.6 Å². The third-order valence-electron chi connectivity index (χ3n) is 3.82. The lowest BCUT2D eigenvalue weighted by Gasteiger charge is -2.27. The standard InChI is InChI=1S/C19H32ClN/c1-7-21-17(10-15(3)13-19(4,5)6)12-16-9-8-14(2)11-18(16)20/h8-9,11,15,17,21H,7,10,12-13H2,1-6H3. The van der Waals surface area contributed by atoms with Gasteiger partial charge in [0.15, 0.2) is 0 Å². The number of benzene rings is 1. The van der Waals surface area contributed by atoms with Crippen molar-refractivity contribution < 1.29 is 0 Å². The highest BCUT2D eigenvalue weighted by Gasteiger charge is 2.19. The quantitative estimate of drug-likeness (QED) is 0.688. The molecule has 0 heterocycles. The minimum Gasteiger partial charge on any atom is -0.314 e. The topological polar surface area (TPSA) is 12.0 Å². The fourth-order valence-electron chi connectivity index (χ4n) is 3.23. The lowest BCUT2D eigenvalue weighted by Crippen LogP contribution is -2.33. The maximum atomic E-state index is 6.39. The van der Waals surface area contributed by atoms with Crippen LogP contribution in [0.15, 0.2) is 18.2 Å². The Labute approximate surface area is 136 Å². The van der Waals surface area contributed by atoms with Gasteiger partial charge >= 0.3 is 0 Å². The van der Waals surface area contributed by atoms with E-state index in [9.17, 15) is 0 Å². The molecule has 1 aromatic carbocycles. The smallest absolute Gasteiger partial charge is 0.0441 e. The average Bonchev–Trinajstić information content (AvgIpc) is 2.30. The molecule has 0 aliphatic carbocycles. The van der Waals surface area contributed by atoms with E-state index < -0.39 is 0 Å². The normalized spacial score (nSPS) is 15.0. The molecule has 0 saturated carbocycles. The molecule has 1 N–H and O–H groups in total. The van der Waals surface area contributed by atoms with Crippen molar-refractivity contribution in [3.05, 3.63) is 34.3 Å². The van der Waals surface area contributed by atoms with Gasteiger partial charge in [0.05, 0.1) is 0 Å². The Morgan fingerprint density at radius 1 is 1.24 bits per heavy atom. The SMILES string of the molecule is CCNC(Cc1ccc(C)cc1Cl)CC(C)CC(C)(C)C. The summed E-state index contributed by atoms with van der Waals surface area (Å²) < 4.78 is 0. The molecule has 2 unspecified atom stereocenters. The summed E-state index contributed by atoms with van der Waals surface area (Å²) in [6.07, 6.45) is 3.48. The maximum Gasteiger partial charge on any atom is 0.0441 e. The molecule has 0 saturated heterocycles. The molecular weight excluding hydrogens is 278 g/mol. The summed E-state index contributed by atoms with van der Waals surface area (Å²) in [5.41, 5.74) is 2.89. The Balaban J connectivity index is 2.68. The van der Waals surface area contributed by atoms with Gasteiger partial charge in [-0.15, -0.1) is 0 Å². The van der Waals surface area contributed by atoms with Gasteiger partial charge in [0.25, 0.3) is 0 Å². The fraction of sp³-hybridized carbons (Fsp3) is 0.684. The van der Waals surface area contributed by atoms with Crippen LogP contribution in [0, 0.1) is 18.3 Å². The summed E-state index contributed by atoms with van der Waals surface area (Å²) in [4.78, 5) is 0. The Hall–Kier alpha value is -0.530. The Morgan fingerprint density at radius 3 is 2.43 bits per heavy atom. The largest absolute Gasteiger partial charge is 0.314 e. The minimum atomic E-state index is 0.400. The van der Waals surface area contributed by atoms with Gasteiger partial charge in [-0.05, 0) is 61.3 Å². The first-order valence-corrected chi connectivity index (χ1v) is 8.57. The highest BCUT2D eigenvalue weighted by atomic mass is 35.5. The zero-order valence-electron chi connectivity index (χ0n) is 14.6. The zero-order chi connectivity index (χ0) is 16.0. The zero-order valence-corrected chi connectivity index (χ0v) is 15.3. The number of likely N-dealkylation sites (N-methyl/N-ethyl adjacent to an activating group) is 1. The second kappa shape index (κ2) is 8.19. The van der Waals surface area contributed by atoms with Crippen molar-refractivity contribution in [2.45, 2.75) is 66.8 Å². The third-order valence-corrected chi connectivity index (χ3v) is 4.17. The van der Waals surface area contributed by atoms with Crippen molar-refractivity contribution in [3.63, 3.8) is 0 Å². The van der Waals surface area contributed by atoms with Crippen LogP contribution in [0.2, 0.25) is 5.02 Å². The minimum absolute atomic E-state index is 0.400. The van der Waals surface area contributed by atoms with E-state index in [2.05, 4.69) is 65.1 Å². The van der Waals surface area contributed by atoms with Gasteiger partial charge in [-0.25, -0.2) is 0 Å². The highest BCUT2D eigenvalue weighted by molar-refractivity contribution is 6.31. The second-order valence-electron chi connectivity index (χ2n) is 7.66. The van der Waals surface area contributed by atoms with Crippen LogP contribution in [0.5, 0.6) is 0 Å². The summed E-state index contributed by atoms with van der Waals surface area (Å²) in [5, 5.41) is 4.54. The number of halogens is 1. The molecule has 2 heteroatoms. The van der Waals surface area contributed by atoms with E-state index in [1.165, 1.54) is 24.0 Å². The maximum absolute atomic E-state index is 6.39. The van der Waals surface area contributed by atoms with E-state index >= 15 is 0 Å². The van der Waals surface area contributed by atoms with Gasteiger partial charge < -0.3 is 5.32 Å². The molecule has 2 atom stereocenters. The van der Waals surface area contributed by atoms with Crippen molar-refractivity contribution in [2.24, 2.45) is 11.3 Å². The number of hydrogen-bond acceptors (Lipinski definition) is 1. The number of aryl methyl sites for hydroxylation is 1. The molecular formula is C19H32ClN. The second-order valence-corrected chi connectivity index (χ2v) is 8.07. The predicted octanol–water partition coefficient (Wildman–Crippen LogP) is 5.63. The fourth-order valence-corrected chi connectivity index (χ4v) is 3.54. The average molecular weight is 310 g/mol. The van der Waals surface area contributed by atoms with E-state index in [0.717, 1.165) is 23.9 Å². The van der Waals surface area contributed by atoms with Gasteiger partial charge in [-0.2, -0.15) is 0 Å². The van der Waals surface area contributed by atoms with Crippen molar-refractivity contribution >= 4 is 11.6 Å². The Bertz CT molecular complexity index is 434. The first kappa shape index (κ1) is 18.5. The van der Waals surface area contributed by atoms with Gasteiger partial charge in [0.1, 0.15) is 0 Å². The van der Waals surface area contributed by atoms with Crippen LogP contribution in [0.25, 0.3) is 0 Å². The van der Waals surface area contributed by atoms with E-state index in [0.29, 0.717) is 11.5 Å². The van der Waals surface area contributed by atoms with Gasteiger partial charge in [0, 0.05) is 11.1 Å². The molecule has 1 rings (SSSR count). The molecule has 0 spiro atoms. The Kier molecular flexibility index (Phi) is 7.23. The van der Waals surface area contributed by atoms with Gasteiger partial charge in [-0.1, -0.05) is 58.4 Å². The van der Waals surface area contributed by atoms with Crippen LogP contribution in [0.3, 0.4) is 0 Å². The summed E-state index contributed by atoms with van der Waals surface area (Å²) in [6.45, 7) is 14.6. The molecule has 0 aromatic heterocycles. The van der Waals surface area contributed by atoms with Crippen molar-refractivity contribution in [1.82, 2.24) is 5.32 Å². The van der Waals surface area contributed by atoms with Crippen molar-refractivity contribution in [1.29, 1.82) is 0 Å². The van der Waals surface area contributed by atoms with E-state index in [-0.39, 0.29) is 0 Å². The van der Waals surface area contributed by atoms with Gasteiger partial charge in [-0.3, -0.25) is 0 Å². The van der Waals surface area contributed by atoms with Crippen LogP contribution in [-0.4, -0.2) is 12.6 Å². The lowest BCUT2D eigenvalue weighted by molar-refractivity contribution is 0.275. The molecule has 120 valence electrons. The van der Waals surface area contributed by atoms with Crippen molar-refractivity contribution in [3.8, 4) is 0 Å². The number of rotatable bonds is 7. The molecule has 0 aliphatic heterocycles. The van der Waals surface area contributed by atoms with Crippen LogP contribution in [0.4, 0.5) is 0 Å². The molecule has 0 radical (unpaired) electrons. The number of nitrogens with one attached hydrogen (secondary N) is 1. The molecule has 0 fully saturated rings. The van der Waals surface area contributed by atoms with Crippen LogP contribution >= 0.6 is 11.6 Å². The molecule has 0 bridgehead atoms. The highest BCUT2D eigenvalue weighted by Crippen LogP contribution is 2.28. The predicted molar refractivity (Wildman–Crippen MR) is 95.2 cm³/mol. The molecule has 1 nitrogen and oxygen atoms in total. The van der Waals surface area contributed by atoms with E-state index in [1.54, 1.807) is 0 Å². The van der Waals surface area contributed by atoms with Crippen molar-refractivity contribution in [2.75, 3.05) is 6.54 Å². The van der Waals surface area contributed by atoms with Gasteiger partial charge in [0.2, 0.25) is 0 Å². The Morgan fingerprint density at radius 2 is 1.90 bits per heavy atom. The number of hydrogen-bond donors (Lipinski definition) is 1. The summed E-state index contributed by atoms with van der Waals surface area (Å²) >= 11 is 6.39. The third kappa shape index (κ3) is 7.33. The molecule has 1 aromatic rings. The summed E-state index contributed by atoms with van der Waals surface area (Å²) in [6, 6.07) is 6.91. The van der Waals surface area contributed by atoms with Crippen LogP contribution in [-0.2, 0) is 6.42 Å². The molecule has 0 amide bonds. The summed E-state index contributed by atoms with van der Waals surface area (Å²) in [5.74, 6) is 0.721. The van der Waals surface area contributed by atoms with E-state index in [1.807, 2.05) is 0 Å². The summed E-state index contributed by atoms with van der Waals surface area (Å²) in [7, 11) is 0. The van der Waals surface area contributed by atoms with Crippen LogP contribution < -0.4 is 5.32 Å². The lowest BCUT2D eigenvalue weighted by atomic mass is 9.82. The van der Waals surface area contributed by atoms with Crippen LogP contribution in [0.1, 0.15) is 58.6 Å². The molecule has 0 aliphatic rings. The first-order valence-electron chi connectivity index (χ1n) is 8.19. The molecule has 21 heavy (non-hydrogen) atoms.